The first-order chi connectivity index (χ1) is 10.0. The topological polar surface area (TPSA) is 79.0 Å². The fraction of sp³-hybridized carbons (Fsp3) is 0.188. The van der Waals surface area contributed by atoms with Crippen molar-refractivity contribution in [3.8, 4) is 6.07 Å². The molecule has 2 aromatic rings. The van der Waals surface area contributed by atoms with Gasteiger partial charge >= 0.3 is 0 Å². The number of nitrogens with one attached hydrogen (secondary N) is 1. The van der Waals surface area contributed by atoms with Crippen molar-refractivity contribution in [2.75, 3.05) is 5.32 Å². The van der Waals surface area contributed by atoms with Crippen LogP contribution >= 0.6 is 0 Å². The van der Waals surface area contributed by atoms with Gasteiger partial charge in [-0.15, -0.1) is 0 Å². The van der Waals surface area contributed by atoms with E-state index in [2.05, 4.69) is 11.4 Å². The predicted octanol–water partition coefficient (Wildman–Crippen LogP) is 3.95. The molecule has 2 aromatic carbocycles. The Kier molecular flexibility index (Phi) is 4.19. The fourth-order valence-electron chi connectivity index (χ4n) is 2.16. The zero-order valence-electron chi connectivity index (χ0n) is 11.8. The van der Waals surface area contributed by atoms with Crippen LogP contribution in [0.4, 0.5) is 11.4 Å². The molecule has 0 amide bonds. The van der Waals surface area contributed by atoms with Crippen LogP contribution in [0, 0.1) is 28.4 Å². The van der Waals surface area contributed by atoms with Gasteiger partial charge in [0.2, 0.25) is 0 Å². The number of nitriles is 1. The molecule has 5 nitrogen and oxygen atoms in total. The number of nitrogens with zero attached hydrogens (tertiary/aromatic N) is 2. The maximum atomic E-state index is 10.8. The van der Waals surface area contributed by atoms with Gasteiger partial charge in [0.05, 0.1) is 16.6 Å². The summed E-state index contributed by atoms with van der Waals surface area (Å²) in [6, 6.07) is 14.4. The van der Waals surface area contributed by atoms with Crippen LogP contribution in [0.15, 0.2) is 42.5 Å². The molecule has 0 aliphatic rings. The summed E-state index contributed by atoms with van der Waals surface area (Å²) in [5.41, 5.74) is 3.14. The molecule has 0 heterocycles. The largest absolute Gasteiger partial charge is 0.379 e. The number of nitro benzene ring substituents is 1. The Balaban J connectivity index is 2.19. The number of nitro groups is 1. The third kappa shape index (κ3) is 3.37. The monoisotopic (exact) mass is 281 g/mol. The summed E-state index contributed by atoms with van der Waals surface area (Å²) in [6.45, 7) is 3.69. The standard InChI is InChI=1S/C16H15N3O2/c1-11-8-15(6-7-16(11)19(20)21)18-12(2)14-5-3-4-13(9-14)10-17/h3-9,12,18H,1-2H3. The molecule has 1 unspecified atom stereocenters. The van der Waals surface area contributed by atoms with Crippen molar-refractivity contribution in [1.29, 1.82) is 5.26 Å². The van der Waals surface area contributed by atoms with Crippen molar-refractivity contribution in [3.05, 3.63) is 69.3 Å². The number of rotatable bonds is 4. The summed E-state index contributed by atoms with van der Waals surface area (Å²) >= 11 is 0. The molecular weight excluding hydrogens is 266 g/mol. The Morgan fingerprint density at radius 3 is 2.67 bits per heavy atom. The van der Waals surface area contributed by atoms with E-state index in [1.54, 1.807) is 25.1 Å². The number of benzene rings is 2. The van der Waals surface area contributed by atoms with Gasteiger partial charge in [-0.2, -0.15) is 5.26 Å². The highest BCUT2D eigenvalue weighted by Crippen LogP contribution is 2.25. The molecule has 106 valence electrons. The highest BCUT2D eigenvalue weighted by Gasteiger charge is 2.12. The van der Waals surface area contributed by atoms with E-state index in [-0.39, 0.29) is 16.7 Å². The van der Waals surface area contributed by atoms with Crippen LogP contribution in [0.2, 0.25) is 0 Å². The van der Waals surface area contributed by atoms with Crippen LogP contribution < -0.4 is 5.32 Å². The van der Waals surface area contributed by atoms with Crippen molar-refractivity contribution >= 4 is 11.4 Å². The molecule has 0 aromatic heterocycles. The van der Waals surface area contributed by atoms with Crippen LogP contribution in [0.1, 0.15) is 29.7 Å². The van der Waals surface area contributed by atoms with Crippen LogP contribution in [0.5, 0.6) is 0 Å². The minimum absolute atomic E-state index is 0.000781. The van der Waals surface area contributed by atoms with E-state index in [0.29, 0.717) is 11.1 Å². The molecule has 0 aliphatic carbocycles. The van der Waals surface area contributed by atoms with Gasteiger partial charge in [-0.25, -0.2) is 0 Å². The first-order valence-electron chi connectivity index (χ1n) is 6.53. The Morgan fingerprint density at radius 2 is 2.05 bits per heavy atom. The molecule has 0 spiro atoms. The maximum absolute atomic E-state index is 10.8. The fourth-order valence-corrected chi connectivity index (χ4v) is 2.16. The van der Waals surface area contributed by atoms with E-state index in [1.165, 1.54) is 6.07 Å². The Bertz CT molecular complexity index is 720. The van der Waals surface area contributed by atoms with Gasteiger partial charge in [0, 0.05) is 23.4 Å². The quantitative estimate of drug-likeness (QED) is 0.679. The summed E-state index contributed by atoms with van der Waals surface area (Å²) in [5.74, 6) is 0. The molecule has 2 rings (SSSR count). The smallest absolute Gasteiger partial charge is 0.272 e. The third-order valence-electron chi connectivity index (χ3n) is 3.29. The Morgan fingerprint density at radius 1 is 1.29 bits per heavy atom. The second kappa shape index (κ2) is 6.06. The normalized spacial score (nSPS) is 11.5. The van der Waals surface area contributed by atoms with Gasteiger partial charge in [-0.3, -0.25) is 10.1 Å². The Labute approximate surface area is 123 Å². The number of anilines is 1. The van der Waals surface area contributed by atoms with Gasteiger partial charge in [-0.1, -0.05) is 12.1 Å². The third-order valence-corrected chi connectivity index (χ3v) is 3.29. The molecule has 21 heavy (non-hydrogen) atoms. The summed E-state index contributed by atoms with van der Waals surface area (Å²) in [5, 5.41) is 23.0. The lowest BCUT2D eigenvalue weighted by molar-refractivity contribution is -0.385. The van der Waals surface area contributed by atoms with E-state index in [0.717, 1.165) is 11.3 Å². The molecule has 0 bridgehead atoms. The number of aryl methyl sites for hydroxylation is 1. The second-order valence-corrected chi connectivity index (χ2v) is 4.86. The molecule has 0 aliphatic heterocycles. The molecule has 0 radical (unpaired) electrons. The summed E-state index contributed by atoms with van der Waals surface area (Å²) in [7, 11) is 0. The van der Waals surface area contributed by atoms with Crippen molar-refractivity contribution in [3.63, 3.8) is 0 Å². The first-order valence-corrected chi connectivity index (χ1v) is 6.53. The van der Waals surface area contributed by atoms with Gasteiger partial charge in [0.25, 0.3) is 5.69 Å². The van der Waals surface area contributed by atoms with E-state index in [9.17, 15) is 10.1 Å². The van der Waals surface area contributed by atoms with Gasteiger partial charge in [0.15, 0.2) is 0 Å². The van der Waals surface area contributed by atoms with E-state index in [4.69, 9.17) is 5.26 Å². The van der Waals surface area contributed by atoms with E-state index < -0.39 is 0 Å². The van der Waals surface area contributed by atoms with Crippen molar-refractivity contribution in [2.24, 2.45) is 0 Å². The lowest BCUT2D eigenvalue weighted by Crippen LogP contribution is -2.07. The molecular formula is C16H15N3O2. The van der Waals surface area contributed by atoms with E-state index >= 15 is 0 Å². The van der Waals surface area contributed by atoms with Crippen LogP contribution in [-0.2, 0) is 0 Å². The number of hydrogen-bond donors (Lipinski definition) is 1. The molecule has 0 saturated carbocycles. The minimum atomic E-state index is -0.390. The first kappa shape index (κ1) is 14.5. The average molecular weight is 281 g/mol. The average Bonchev–Trinajstić information content (AvgIpc) is 2.47. The van der Waals surface area contributed by atoms with Crippen LogP contribution in [-0.4, -0.2) is 4.92 Å². The highest BCUT2D eigenvalue weighted by molar-refractivity contribution is 5.54. The van der Waals surface area contributed by atoms with Gasteiger partial charge in [-0.05, 0) is 43.7 Å². The number of hydrogen-bond acceptors (Lipinski definition) is 4. The zero-order valence-corrected chi connectivity index (χ0v) is 11.8. The zero-order chi connectivity index (χ0) is 15.4. The van der Waals surface area contributed by atoms with Crippen molar-refractivity contribution < 1.29 is 4.92 Å². The van der Waals surface area contributed by atoms with Crippen molar-refractivity contribution in [2.45, 2.75) is 19.9 Å². The molecule has 0 fully saturated rings. The SMILES string of the molecule is Cc1cc(NC(C)c2cccc(C#N)c2)ccc1[N+](=O)[O-]. The van der Waals surface area contributed by atoms with Gasteiger partial charge < -0.3 is 5.32 Å². The predicted molar refractivity (Wildman–Crippen MR) is 81.0 cm³/mol. The van der Waals surface area contributed by atoms with Crippen molar-refractivity contribution in [1.82, 2.24) is 0 Å². The van der Waals surface area contributed by atoms with Gasteiger partial charge in [0.1, 0.15) is 0 Å². The molecule has 1 N–H and O–H groups in total. The summed E-state index contributed by atoms with van der Waals surface area (Å²) < 4.78 is 0. The Hall–Kier alpha value is -2.87. The molecule has 0 saturated heterocycles. The maximum Gasteiger partial charge on any atom is 0.272 e. The minimum Gasteiger partial charge on any atom is -0.379 e. The van der Waals surface area contributed by atoms with Crippen LogP contribution in [0.25, 0.3) is 0 Å². The molecule has 1 atom stereocenters. The summed E-state index contributed by atoms with van der Waals surface area (Å²) in [6.07, 6.45) is 0. The molecule has 5 heteroatoms. The summed E-state index contributed by atoms with van der Waals surface area (Å²) in [4.78, 5) is 10.4. The lowest BCUT2D eigenvalue weighted by atomic mass is 10.0. The second-order valence-electron chi connectivity index (χ2n) is 4.86. The lowest BCUT2D eigenvalue weighted by Gasteiger charge is -2.16. The van der Waals surface area contributed by atoms with Crippen LogP contribution in [0.3, 0.4) is 0 Å². The highest BCUT2D eigenvalue weighted by atomic mass is 16.6. The van der Waals surface area contributed by atoms with E-state index in [1.807, 2.05) is 25.1 Å².